The number of aromatic nitrogens is 4. The minimum atomic E-state index is -0.733. The lowest BCUT2D eigenvalue weighted by molar-refractivity contribution is -0.134. The first-order valence-corrected chi connectivity index (χ1v) is 18.0. The van der Waals surface area contributed by atoms with E-state index in [0.29, 0.717) is 12.4 Å². The quantitative estimate of drug-likeness (QED) is 0.139. The number of nitrogens with zero attached hydrogens (tertiary/aromatic N) is 3. The number of nitrogens with two attached hydrogens (primary N) is 1. The third-order valence-electron chi connectivity index (χ3n) is 10.2. The molecule has 3 heterocycles. The van der Waals surface area contributed by atoms with Crippen molar-refractivity contribution >= 4 is 17.9 Å². The highest BCUT2D eigenvalue weighted by molar-refractivity contribution is 5.86. The number of likely N-dealkylation sites (tertiary alicyclic amines) is 1. The standard InChI is InChI=1S/C39H50N8O4/c1-21(2)32(40)38(49)47-18-8-11-31(47)36-43-29-10-7-9-27-19-26(16-17-28(27)34(29)45-36)24-12-14-25(15-13-24)30-20-41-35(44-30)23(5)42-37(48)33(22(3)4)46-39(50)51-6/h12-17,19-23,31-33H,7-11,18,40H2,1-6H3,(H,41,44)(H,42,48)(H,43,45)(H,46,50)/t23-,31-,32-,33-/m0/s1. The summed E-state index contributed by atoms with van der Waals surface area (Å²) >= 11 is 0. The van der Waals surface area contributed by atoms with E-state index in [1.54, 1.807) is 6.20 Å². The number of aryl methyl sites for hydroxylation is 2. The number of benzene rings is 2. The molecule has 1 fully saturated rings. The molecule has 1 aliphatic carbocycles. The van der Waals surface area contributed by atoms with E-state index < -0.39 is 24.2 Å². The zero-order valence-electron chi connectivity index (χ0n) is 30.4. The first-order chi connectivity index (χ1) is 24.4. The second-order valence-electron chi connectivity index (χ2n) is 14.5. The summed E-state index contributed by atoms with van der Waals surface area (Å²) in [5.41, 5.74) is 14.9. The SMILES string of the molecule is COC(=O)N[C@H](C(=O)N[C@@H](C)c1ncc(-c2ccc(-c3ccc4c(c3)CCCc3[nH]c([C@@H]5CCCN5C(=O)[C@@H](N)C(C)C)nc3-4)cc2)[nH]1)C(C)C. The lowest BCUT2D eigenvalue weighted by Crippen LogP contribution is -2.50. The van der Waals surface area contributed by atoms with Gasteiger partial charge in [0.1, 0.15) is 17.7 Å². The highest BCUT2D eigenvalue weighted by Crippen LogP contribution is 2.38. The van der Waals surface area contributed by atoms with Gasteiger partial charge in [-0.3, -0.25) is 9.59 Å². The van der Waals surface area contributed by atoms with Crippen LogP contribution < -0.4 is 16.4 Å². The van der Waals surface area contributed by atoms with Crippen LogP contribution in [0.4, 0.5) is 4.79 Å². The van der Waals surface area contributed by atoms with Crippen LogP contribution in [-0.4, -0.2) is 68.5 Å². The summed E-state index contributed by atoms with van der Waals surface area (Å²) in [5, 5.41) is 5.53. The molecular formula is C39H50N8O4. The van der Waals surface area contributed by atoms with Crippen molar-refractivity contribution in [1.29, 1.82) is 0 Å². The van der Waals surface area contributed by atoms with E-state index in [4.69, 9.17) is 10.7 Å². The van der Waals surface area contributed by atoms with Gasteiger partial charge >= 0.3 is 6.09 Å². The molecule has 51 heavy (non-hydrogen) atoms. The smallest absolute Gasteiger partial charge is 0.407 e. The molecule has 1 saturated heterocycles. The maximum Gasteiger partial charge on any atom is 0.407 e. The van der Waals surface area contributed by atoms with Crippen LogP contribution in [-0.2, 0) is 27.2 Å². The Kier molecular flexibility index (Phi) is 10.6. The molecule has 2 aromatic heterocycles. The molecule has 0 unspecified atom stereocenters. The van der Waals surface area contributed by atoms with E-state index in [9.17, 15) is 14.4 Å². The van der Waals surface area contributed by atoms with Crippen molar-refractivity contribution in [3.05, 3.63) is 71.6 Å². The molecule has 2 aliphatic rings. The normalized spacial score (nSPS) is 17.4. The van der Waals surface area contributed by atoms with Gasteiger partial charge in [0.15, 0.2) is 0 Å². The van der Waals surface area contributed by atoms with Crippen molar-refractivity contribution in [1.82, 2.24) is 35.5 Å². The van der Waals surface area contributed by atoms with Gasteiger partial charge in [-0.1, -0.05) is 70.2 Å². The Hall–Kier alpha value is -4.97. The molecule has 1 aliphatic heterocycles. The second kappa shape index (κ2) is 15.1. The molecular weight excluding hydrogens is 644 g/mol. The molecule has 4 atom stereocenters. The van der Waals surface area contributed by atoms with Crippen molar-refractivity contribution in [3.63, 3.8) is 0 Å². The largest absolute Gasteiger partial charge is 0.453 e. The first kappa shape index (κ1) is 35.8. The summed E-state index contributed by atoms with van der Waals surface area (Å²) in [6.45, 7) is 10.2. The molecule has 0 bridgehead atoms. The molecule has 4 aromatic rings. The molecule has 12 nitrogen and oxygen atoms in total. The summed E-state index contributed by atoms with van der Waals surface area (Å²) in [4.78, 5) is 56.4. The zero-order chi connectivity index (χ0) is 36.4. The van der Waals surface area contributed by atoms with E-state index in [1.165, 1.54) is 12.7 Å². The summed E-state index contributed by atoms with van der Waals surface area (Å²) in [6, 6.07) is 13.2. The molecule has 6 rings (SSSR count). The fourth-order valence-corrected chi connectivity index (χ4v) is 7.09. The molecule has 6 N–H and O–H groups in total. The van der Waals surface area contributed by atoms with Crippen LogP contribution in [0.15, 0.2) is 48.7 Å². The van der Waals surface area contributed by atoms with Crippen molar-refractivity contribution in [2.45, 2.75) is 90.9 Å². The van der Waals surface area contributed by atoms with Gasteiger partial charge in [-0.2, -0.15) is 0 Å². The number of methoxy groups -OCH3 is 1. The average molecular weight is 695 g/mol. The first-order valence-electron chi connectivity index (χ1n) is 18.0. The van der Waals surface area contributed by atoms with Gasteiger partial charge in [0.2, 0.25) is 11.8 Å². The minimum absolute atomic E-state index is 0.00724. The highest BCUT2D eigenvalue weighted by Gasteiger charge is 2.36. The summed E-state index contributed by atoms with van der Waals surface area (Å²) < 4.78 is 4.67. The second-order valence-corrected chi connectivity index (χ2v) is 14.5. The molecule has 3 amide bonds. The van der Waals surface area contributed by atoms with Crippen molar-refractivity contribution in [2.24, 2.45) is 17.6 Å². The fourth-order valence-electron chi connectivity index (χ4n) is 7.09. The number of carbonyl (C=O) groups is 3. The highest BCUT2D eigenvalue weighted by atomic mass is 16.5. The van der Waals surface area contributed by atoms with Crippen molar-refractivity contribution in [2.75, 3.05) is 13.7 Å². The van der Waals surface area contributed by atoms with Crippen LogP contribution in [0, 0.1) is 11.8 Å². The van der Waals surface area contributed by atoms with Crippen LogP contribution in [0.1, 0.15) is 88.9 Å². The van der Waals surface area contributed by atoms with Crippen LogP contribution in [0.3, 0.4) is 0 Å². The van der Waals surface area contributed by atoms with Gasteiger partial charge in [0, 0.05) is 17.8 Å². The maximum atomic E-state index is 13.2. The van der Waals surface area contributed by atoms with E-state index >= 15 is 0 Å². The molecule has 270 valence electrons. The lowest BCUT2D eigenvalue weighted by Gasteiger charge is -2.27. The molecule has 2 aromatic carbocycles. The Morgan fingerprint density at radius 2 is 1.65 bits per heavy atom. The number of rotatable bonds is 10. The van der Waals surface area contributed by atoms with Gasteiger partial charge in [-0.25, -0.2) is 14.8 Å². The number of hydrogen-bond acceptors (Lipinski definition) is 7. The maximum absolute atomic E-state index is 13.2. The number of fused-ring (bicyclic) bond motifs is 3. The van der Waals surface area contributed by atoms with Gasteiger partial charge in [0.05, 0.1) is 42.8 Å². The summed E-state index contributed by atoms with van der Waals surface area (Å²) in [7, 11) is 1.27. The Balaban J connectivity index is 1.16. The van der Waals surface area contributed by atoms with E-state index in [2.05, 4.69) is 72.8 Å². The predicted molar refractivity (Wildman–Crippen MR) is 196 cm³/mol. The van der Waals surface area contributed by atoms with Crippen LogP contribution in [0.5, 0.6) is 0 Å². The fraction of sp³-hybridized carbons (Fsp3) is 0.462. The Bertz CT molecular complexity index is 1880. The lowest BCUT2D eigenvalue weighted by atomic mass is 9.95. The number of amides is 3. The number of carbonyl (C=O) groups excluding carboxylic acids is 3. The summed E-state index contributed by atoms with van der Waals surface area (Å²) in [6.07, 6.45) is 5.81. The van der Waals surface area contributed by atoms with E-state index in [-0.39, 0.29) is 29.7 Å². The van der Waals surface area contributed by atoms with Gasteiger partial charge in [0.25, 0.3) is 0 Å². The number of nitrogens with one attached hydrogen (secondary N) is 4. The monoisotopic (exact) mass is 694 g/mol. The minimum Gasteiger partial charge on any atom is -0.453 e. The third-order valence-corrected chi connectivity index (χ3v) is 10.2. The van der Waals surface area contributed by atoms with Gasteiger partial charge < -0.3 is 36.0 Å². The molecule has 12 heteroatoms. The number of H-pyrrole nitrogens is 2. The Morgan fingerprint density at radius 3 is 2.35 bits per heavy atom. The van der Waals surface area contributed by atoms with Crippen molar-refractivity contribution < 1.29 is 19.1 Å². The molecule has 0 spiro atoms. The Morgan fingerprint density at radius 1 is 0.922 bits per heavy atom. The summed E-state index contributed by atoms with van der Waals surface area (Å²) in [5.74, 6) is 1.13. The number of ether oxygens (including phenoxy) is 1. The van der Waals surface area contributed by atoms with E-state index in [1.807, 2.05) is 39.5 Å². The van der Waals surface area contributed by atoms with Crippen LogP contribution >= 0.6 is 0 Å². The van der Waals surface area contributed by atoms with Gasteiger partial charge in [-0.15, -0.1) is 0 Å². The van der Waals surface area contributed by atoms with Crippen LogP contribution in [0.2, 0.25) is 0 Å². The zero-order valence-corrected chi connectivity index (χ0v) is 30.4. The van der Waals surface area contributed by atoms with Crippen LogP contribution in [0.25, 0.3) is 33.6 Å². The average Bonchev–Trinajstić information content (AvgIpc) is 3.88. The number of alkyl carbamates (subject to hydrolysis) is 1. The van der Waals surface area contributed by atoms with Gasteiger partial charge in [-0.05, 0) is 73.1 Å². The molecule has 0 saturated carbocycles. The number of hydrogen-bond donors (Lipinski definition) is 5. The topological polar surface area (TPSA) is 171 Å². The number of aromatic amines is 2. The predicted octanol–water partition coefficient (Wildman–Crippen LogP) is 5.83. The van der Waals surface area contributed by atoms with Crippen molar-refractivity contribution in [3.8, 4) is 33.6 Å². The Labute approximate surface area is 299 Å². The third kappa shape index (κ3) is 7.56. The van der Waals surface area contributed by atoms with E-state index in [0.717, 1.165) is 77.3 Å². The molecule has 0 radical (unpaired) electrons. The number of imidazole rings is 2.